The number of hydrogen-bond acceptors (Lipinski definition) is 5. The van der Waals surface area contributed by atoms with Crippen LogP contribution in [-0.4, -0.2) is 45.7 Å². The SMILES string of the molecule is C[C@H]1CCC23OC(CCC2[C@@]1(C)CC[C@]1(C)[C@@H](C)CC[C@@H]2OC4(O)CCC21OC4(C)C)C(C)(C)O3. The molecule has 0 radical (unpaired) electrons. The summed E-state index contributed by atoms with van der Waals surface area (Å²) >= 11 is 0. The molecule has 4 bridgehead atoms. The van der Waals surface area contributed by atoms with Crippen LogP contribution in [0.5, 0.6) is 0 Å². The maximum absolute atomic E-state index is 11.3. The molecule has 5 aliphatic heterocycles. The Morgan fingerprint density at radius 1 is 0.714 bits per heavy atom. The summed E-state index contributed by atoms with van der Waals surface area (Å²) in [6, 6.07) is 0. The van der Waals surface area contributed by atoms with Gasteiger partial charge < -0.3 is 24.1 Å². The Labute approximate surface area is 213 Å². The molecule has 5 unspecified atom stereocenters. The van der Waals surface area contributed by atoms with E-state index in [1.165, 1.54) is 6.42 Å². The first-order chi connectivity index (χ1) is 16.1. The van der Waals surface area contributed by atoms with Crippen LogP contribution >= 0.6 is 0 Å². The molecule has 10 atom stereocenters. The summed E-state index contributed by atoms with van der Waals surface area (Å²) in [5, 5.41) is 11.3. The van der Waals surface area contributed by atoms with Crippen molar-refractivity contribution in [1.82, 2.24) is 0 Å². The minimum absolute atomic E-state index is 0.00383. The maximum atomic E-state index is 11.3. The number of ether oxygens (including phenoxy) is 4. The van der Waals surface area contributed by atoms with Gasteiger partial charge in [-0.2, -0.15) is 0 Å². The quantitative estimate of drug-likeness (QED) is 0.499. The van der Waals surface area contributed by atoms with Crippen molar-refractivity contribution in [3.05, 3.63) is 0 Å². The molecule has 2 saturated carbocycles. The van der Waals surface area contributed by atoms with Gasteiger partial charge in [-0.25, -0.2) is 0 Å². The Kier molecular flexibility index (Phi) is 5.20. The fourth-order valence-electron chi connectivity index (χ4n) is 9.83. The first-order valence-electron chi connectivity index (χ1n) is 14.6. The first-order valence-corrected chi connectivity index (χ1v) is 14.6. The molecule has 2 spiro atoms. The molecule has 0 aromatic carbocycles. The van der Waals surface area contributed by atoms with E-state index in [4.69, 9.17) is 18.9 Å². The smallest absolute Gasteiger partial charge is 0.195 e. The average Bonchev–Trinajstić information content (AvgIpc) is 2.97. The van der Waals surface area contributed by atoms with Crippen LogP contribution in [0.4, 0.5) is 0 Å². The third-order valence-electron chi connectivity index (χ3n) is 12.8. The van der Waals surface area contributed by atoms with Gasteiger partial charge in [0.25, 0.3) is 0 Å². The van der Waals surface area contributed by atoms with Gasteiger partial charge in [-0.1, -0.05) is 27.7 Å². The third kappa shape index (κ3) is 3.05. The first kappa shape index (κ1) is 25.1. The van der Waals surface area contributed by atoms with Gasteiger partial charge in [-0.3, -0.25) is 0 Å². The van der Waals surface area contributed by atoms with E-state index < -0.39 is 17.2 Å². The van der Waals surface area contributed by atoms with Crippen molar-refractivity contribution in [1.29, 1.82) is 0 Å². The average molecular weight is 491 g/mol. The molecule has 200 valence electrons. The lowest BCUT2D eigenvalue weighted by molar-refractivity contribution is -0.468. The Balaban J connectivity index is 1.31. The van der Waals surface area contributed by atoms with Crippen molar-refractivity contribution in [3.8, 4) is 0 Å². The zero-order valence-corrected chi connectivity index (χ0v) is 23.5. The fraction of sp³-hybridized carbons (Fsp3) is 1.00. The largest absolute Gasteiger partial charge is 0.363 e. The highest BCUT2D eigenvalue weighted by atomic mass is 16.8. The maximum Gasteiger partial charge on any atom is 0.195 e. The van der Waals surface area contributed by atoms with Crippen LogP contribution in [0.15, 0.2) is 0 Å². The molecule has 0 aromatic heterocycles. The summed E-state index contributed by atoms with van der Waals surface area (Å²) in [5.74, 6) is 0.0514. The van der Waals surface area contributed by atoms with Crippen molar-refractivity contribution >= 4 is 0 Å². The summed E-state index contributed by atoms with van der Waals surface area (Å²) in [5.41, 5.74) is -1.05. The highest BCUT2D eigenvalue weighted by Crippen LogP contribution is 2.67. The van der Waals surface area contributed by atoms with Crippen molar-refractivity contribution in [2.24, 2.45) is 28.6 Å². The van der Waals surface area contributed by atoms with E-state index in [2.05, 4.69) is 41.5 Å². The second-order valence-electron chi connectivity index (χ2n) is 15.0. The second-order valence-corrected chi connectivity index (χ2v) is 15.0. The normalized spacial score (nSPS) is 58.0. The Morgan fingerprint density at radius 2 is 1.43 bits per heavy atom. The molecule has 7 rings (SSSR count). The van der Waals surface area contributed by atoms with Gasteiger partial charge in [0, 0.05) is 24.2 Å². The number of hydrogen-bond donors (Lipinski definition) is 1. The molecule has 7 fully saturated rings. The van der Waals surface area contributed by atoms with E-state index in [1.807, 2.05) is 13.8 Å². The minimum atomic E-state index is -1.17. The van der Waals surface area contributed by atoms with E-state index in [-0.39, 0.29) is 34.2 Å². The Hall–Kier alpha value is -0.200. The van der Waals surface area contributed by atoms with E-state index >= 15 is 0 Å². The standard InChI is InChI=1S/C30H50O5/c1-19-13-14-29-21(10-12-22(32-29)24(3,4)34-29)26(19,7)15-16-27(8)20(2)9-11-23-28(27)17-18-30(31,33-23)25(5,6)35-28/h19-23,31H,9-18H2,1-8H3/t19-,20-,21?,22?,23-,26-,27+,28?,29?,30?/m0/s1. The van der Waals surface area contributed by atoms with Crippen LogP contribution in [-0.2, 0) is 18.9 Å². The van der Waals surface area contributed by atoms with Crippen LogP contribution in [0.3, 0.4) is 0 Å². The molecule has 2 aliphatic carbocycles. The predicted octanol–water partition coefficient (Wildman–Crippen LogP) is 6.35. The van der Waals surface area contributed by atoms with Crippen LogP contribution in [0, 0.1) is 28.6 Å². The molecule has 5 saturated heterocycles. The van der Waals surface area contributed by atoms with Crippen molar-refractivity contribution < 1.29 is 24.1 Å². The lowest BCUT2D eigenvalue weighted by Gasteiger charge is -2.70. The van der Waals surface area contributed by atoms with Crippen LogP contribution < -0.4 is 0 Å². The molecule has 5 heteroatoms. The van der Waals surface area contributed by atoms with E-state index in [1.54, 1.807) is 0 Å². The second kappa shape index (κ2) is 7.25. The number of fused-ring (bicyclic) bond motifs is 3. The summed E-state index contributed by atoms with van der Waals surface area (Å²) in [7, 11) is 0. The number of aliphatic hydroxyl groups is 1. The van der Waals surface area contributed by atoms with Gasteiger partial charge in [0.15, 0.2) is 11.6 Å². The summed E-state index contributed by atoms with van der Waals surface area (Å²) in [6.45, 7) is 18.4. The zero-order chi connectivity index (χ0) is 25.3. The Morgan fingerprint density at radius 3 is 2.14 bits per heavy atom. The molecule has 1 N–H and O–H groups in total. The third-order valence-corrected chi connectivity index (χ3v) is 12.8. The minimum Gasteiger partial charge on any atom is -0.363 e. The highest BCUT2D eigenvalue weighted by Gasteiger charge is 2.72. The molecular weight excluding hydrogens is 440 g/mol. The van der Waals surface area contributed by atoms with Crippen molar-refractivity contribution in [2.75, 3.05) is 0 Å². The van der Waals surface area contributed by atoms with Crippen LogP contribution in [0.2, 0.25) is 0 Å². The Bertz CT molecular complexity index is 886. The molecule has 5 nitrogen and oxygen atoms in total. The monoisotopic (exact) mass is 490 g/mol. The van der Waals surface area contributed by atoms with Gasteiger partial charge in [-0.05, 0) is 96.3 Å². The fourth-order valence-corrected chi connectivity index (χ4v) is 9.83. The molecule has 7 aliphatic rings. The van der Waals surface area contributed by atoms with Crippen LogP contribution in [0.1, 0.15) is 120 Å². The lowest BCUT2D eigenvalue weighted by atomic mass is 9.49. The molecule has 35 heavy (non-hydrogen) atoms. The van der Waals surface area contributed by atoms with Crippen molar-refractivity contribution in [3.63, 3.8) is 0 Å². The molecular formula is C30H50O5. The van der Waals surface area contributed by atoms with Gasteiger partial charge in [0.2, 0.25) is 0 Å². The lowest BCUT2D eigenvalue weighted by Crippen LogP contribution is -2.78. The van der Waals surface area contributed by atoms with Crippen molar-refractivity contribution in [2.45, 2.75) is 160 Å². The van der Waals surface area contributed by atoms with Gasteiger partial charge in [0.05, 0.1) is 17.8 Å². The molecule has 0 amide bonds. The zero-order valence-electron chi connectivity index (χ0n) is 23.5. The highest BCUT2D eigenvalue weighted by molar-refractivity contribution is 5.18. The summed E-state index contributed by atoms with van der Waals surface area (Å²) < 4.78 is 27.1. The van der Waals surface area contributed by atoms with E-state index in [0.717, 1.165) is 51.4 Å². The molecule has 5 heterocycles. The molecule has 0 aromatic rings. The van der Waals surface area contributed by atoms with E-state index in [0.29, 0.717) is 24.2 Å². The topological polar surface area (TPSA) is 57.2 Å². The predicted molar refractivity (Wildman–Crippen MR) is 135 cm³/mol. The summed E-state index contributed by atoms with van der Waals surface area (Å²) in [4.78, 5) is 0. The van der Waals surface area contributed by atoms with Gasteiger partial charge in [0.1, 0.15) is 11.2 Å². The number of rotatable bonds is 3. The summed E-state index contributed by atoms with van der Waals surface area (Å²) in [6.07, 6.45) is 10.6. The van der Waals surface area contributed by atoms with Gasteiger partial charge in [-0.15, -0.1) is 0 Å². The van der Waals surface area contributed by atoms with E-state index in [9.17, 15) is 5.11 Å². The van der Waals surface area contributed by atoms with Gasteiger partial charge >= 0.3 is 0 Å². The van der Waals surface area contributed by atoms with Crippen LogP contribution in [0.25, 0.3) is 0 Å².